The van der Waals surface area contributed by atoms with Gasteiger partial charge < -0.3 is 19.5 Å². The molecule has 0 bridgehead atoms. The van der Waals surface area contributed by atoms with Gasteiger partial charge in [0.05, 0.1) is 19.8 Å². The highest BCUT2D eigenvalue weighted by molar-refractivity contribution is 5.76. The van der Waals surface area contributed by atoms with Crippen LogP contribution in [0.25, 0.3) is 0 Å². The van der Waals surface area contributed by atoms with Crippen LogP contribution in [0.5, 0.6) is 11.5 Å². The third-order valence-corrected chi connectivity index (χ3v) is 3.96. The number of carbonyl (C=O) groups is 1. The molecule has 0 aliphatic heterocycles. The lowest BCUT2D eigenvalue weighted by molar-refractivity contribution is -0.121. The average Bonchev–Trinajstić information content (AvgIpc) is 3.15. The number of hydrogen-bond acceptors (Lipinski definition) is 5. The van der Waals surface area contributed by atoms with Crippen molar-refractivity contribution in [1.29, 1.82) is 0 Å². The fraction of sp³-hybridized carbons (Fsp3) is 0.474. The van der Waals surface area contributed by atoms with Crippen LogP contribution in [-0.4, -0.2) is 43.1 Å². The molecule has 142 valence electrons. The minimum atomic E-state index is -0.117. The highest BCUT2D eigenvalue weighted by Crippen LogP contribution is 2.30. The molecular formula is C19H27N3O4. The van der Waals surface area contributed by atoms with Crippen LogP contribution in [-0.2, 0) is 16.1 Å². The van der Waals surface area contributed by atoms with E-state index in [0.717, 1.165) is 18.5 Å². The molecule has 2 aromatic rings. The van der Waals surface area contributed by atoms with Crippen LogP contribution in [0.15, 0.2) is 36.7 Å². The predicted molar refractivity (Wildman–Crippen MR) is 98.4 cm³/mol. The number of aromatic nitrogens is 2. The molecular weight excluding hydrogens is 334 g/mol. The number of nitrogens with zero attached hydrogens (tertiary/aromatic N) is 2. The van der Waals surface area contributed by atoms with Crippen LogP contribution in [0, 0.1) is 0 Å². The van der Waals surface area contributed by atoms with Gasteiger partial charge in [0.25, 0.3) is 0 Å². The van der Waals surface area contributed by atoms with E-state index >= 15 is 0 Å². The second kappa shape index (κ2) is 10.5. The van der Waals surface area contributed by atoms with Gasteiger partial charge in [-0.15, -0.1) is 0 Å². The molecule has 7 nitrogen and oxygen atoms in total. The van der Waals surface area contributed by atoms with E-state index < -0.39 is 0 Å². The van der Waals surface area contributed by atoms with Crippen LogP contribution in [0.4, 0.5) is 0 Å². The first-order valence-corrected chi connectivity index (χ1v) is 8.70. The van der Waals surface area contributed by atoms with Crippen molar-refractivity contribution in [3.05, 3.63) is 42.2 Å². The molecule has 0 saturated heterocycles. The zero-order valence-corrected chi connectivity index (χ0v) is 15.6. The summed E-state index contributed by atoms with van der Waals surface area (Å²) in [4.78, 5) is 12.1. The number of nitrogens with one attached hydrogen (secondary N) is 1. The molecule has 0 aliphatic carbocycles. The van der Waals surface area contributed by atoms with Crippen molar-refractivity contribution >= 4 is 5.91 Å². The van der Waals surface area contributed by atoms with E-state index in [-0.39, 0.29) is 11.9 Å². The highest BCUT2D eigenvalue weighted by Gasteiger charge is 2.13. The van der Waals surface area contributed by atoms with Gasteiger partial charge in [-0.05, 0) is 37.1 Å². The highest BCUT2D eigenvalue weighted by atomic mass is 16.5. The summed E-state index contributed by atoms with van der Waals surface area (Å²) in [6.45, 7) is 3.65. The fourth-order valence-electron chi connectivity index (χ4n) is 2.54. The summed E-state index contributed by atoms with van der Waals surface area (Å²) in [6.07, 6.45) is 4.83. The van der Waals surface area contributed by atoms with Crippen LogP contribution in [0.2, 0.25) is 0 Å². The third-order valence-electron chi connectivity index (χ3n) is 3.96. The lowest BCUT2D eigenvalue weighted by Gasteiger charge is -2.17. The number of methoxy groups -OCH3 is 2. The summed E-state index contributed by atoms with van der Waals surface area (Å²) in [7, 11) is 3.23. The lowest BCUT2D eigenvalue weighted by Crippen LogP contribution is -2.26. The fourth-order valence-corrected chi connectivity index (χ4v) is 2.54. The quantitative estimate of drug-likeness (QED) is 0.623. The number of rotatable bonds is 11. The first kappa shape index (κ1) is 19.8. The largest absolute Gasteiger partial charge is 0.493 e. The minimum Gasteiger partial charge on any atom is -0.493 e. The van der Waals surface area contributed by atoms with E-state index in [0.29, 0.717) is 31.1 Å². The van der Waals surface area contributed by atoms with E-state index in [2.05, 4.69) is 10.4 Å². The molecule has 0 radical (unpaired) electrons. The van der Waals surface area contributed by atoms with Gasteiger partial charge in [-0.3, -0.25) is 9.48 Å². The van der Waals surface area contributed by atoms with Gasteiger partial charge in [-0.25, -0.2) is 0 Å². The Morgan fingerprint density at radius 2 is 2.12 bits per heavy atom. The van der Waals surface area contributed by atoms with Crippen LogP contribution in [0.1, 0.15) is 31.4 Å². The Kier molecular flexibility index (Phi) is 7.95. The van der Waals surface area contributed by atoms with Crippen LogP contribution in [0.3, 0.4) is 0 Å². The Labute approximate surface area is 154 Å². The minimum absolute atomic E-state index is 0.0176. The van der Waals surface area contributed by atoms with Crippen LogP contribution < -0.4 is 14.8 Å². The molecule has 7 heteroatoms. The summed E-state index contributed by atoms with van der Waals surface area (Å²) in [6, 6.07) is 7.42. The number of benzene rings is 1. The maximum atomic E-state index is 12.1. The van der Waals surface area contributed by atoms with Gasteiger partial charge in [0.1, 0.15) is 6.61 Å². The number of amides is 1. The lowest BCUT2D eigenvalue weighted by atomic mass is 10.1. The average molecular weight is 361 g/mol. The van der Waals surface area contributed by atoms with E-state index in [1.54, 1.807) is 20.4 Å². The molecule has 1 unspecified atom stereocenters. The van der Waals surface area contributed by atoms with E-state index in [9.17, 15) is 4.79 Å². The maximum absolute atomic E-state index is 12.1. The second-order valence-electron chi connectivity index (χ2n) is 5.91. The third kappa shape index (κ3) is 6.07. The van der Waals surface area contributed by atoms with Crippen molar-refractivity contribution in [1.82, 2.24) is 15.1 Å². The van der Waals surface area contributed by atoms with Gasteiger partial charge in [0.15, 0.2) is 11.5 Å². The molecule has 0 saturated carbocycles. The van der Waals surface area contributed by atoms with Crippen molar-refractivity contribution in [2.24, 2.45) is 0 Å². The summed E-state index contributed by atoms with van der Waals surface area (Å²) >= 11 is 0. The molecule has 1 aromatic heterocycles. The first-order chi connectivity index (χ1) is 12.6. The van der Waals surface area contributed by atoms with Gasteiger partial charge in [0.2, 0.25) is 5.91 Å². The Hall–Kier alpha value is -2.54. The molecule has 1 heterocycles. The number of aryl methyl sites for hydroxylation is 1. The number of hydrogen-bond donors (Lipinski definition) is 1. The van der Waals surface area contributed by atoms with Crippen molar-refractivity contribution < 1.29 is 19.0 Å². The van der Waals surface area contributed by atoms with Gasteiger partial charge in [0, 0.05) is 32.5 Å². The molecule has 1 aromatic carbocycles. The Balaban J connectivity index is 1.85. The smallest absolute Gasteiger partial charge is 0.220 e. The van der Waals surface area contributed by atoms with Crippen molar-refractivity contribution in [3.63, 3.8) is 0 Å². The molecule has 1 amide bonds. The first-order valence-electron chi connectivity index (χ1n) is 8.70. The van der Waals surface area contributed by atoms with Crippen molar-refractivity contribution in [2.45, 2.75) is 32.4 Å². The zero-order valence-electron chi connectivity index (χ0n) is 15.6. The van der Waals surface area contributed by atoms with Crippen molar-refractivity contribution in [3.8, 4) is 11.5 Å². The van der Waals surface area contributed by atoms with Gasteiger partial charge >= 0.3 is 0 Å². The summed E-state index contributed by atoms with van der Waals surface area (Å²) in [5, 5.41) is 7.14. The van der Waals surface area contributed by atoms with Gasteiger partial charge in [-0.2, -0.15) is 5.10 Å². The summed E-state index contributed by atoms with van der Waals surface area (Å²) in [5.41, 5.74) is 0.960. The molecule has 2 rings (SSSR count). The maximum Gasteiger partial charge on any atom is 0.220 e. The van der Waals surface area contributed by atoms with Gasteiger partial charge in [-0.1, -0.05) is 6.07 Å². The monoisotopic (exact) mass is 361 g/mol. The molecule has 1 N–H and O–H groups in total. The summed E-state index contributed by atoms with van der Waals surface area (Å²) in [5.74, 6) is 1.31. The van der Waals surface area contributed by atoms with Crippen LogP contribution >= 0.6 is 0 Å². The molecule has 1 atom stereocenters. The summed E-state index contributed by atoms with van der Waals surface area (Å²) < 4.78 is 17.8. The molecule has 0 aliphatic rings. The Morgan fingerprint density at radius 3 is 2.81 bits per heavy atom. The predicted octanol–water partition coefficient (Wildman–Crippen LogP) is 2.57. The Bertz CT molecular complexity index is 673. The van der Waals surface area contributed by atoms with Crippen molar-refractivity contribution in [2.75, 3.05) is 27.4 Å². The SMILES string of the molecule is COCCOc1ccc(C(C)NC(=O)CCCn2cccn2)cc1OC. The van der Waals surface area contributed by atoms with E-state index in [1.807, 2.05) is 42.1 Å². The van der Waals surface area contributed by atoms with E-state index in [1.165, 1.54) is 0 Å². The number of ether oxygens (including phenoxy) is 3. The van der Waals surface area contributed by atoms with E-state index in [4.69, 9.17) is 14.2 Å². The number of carbonyl (C=O) groups excluding carboxylic acids is 1. The molecule has 0 spiro atoms. The second-order valence-corrected chi connectivity index (χ2v) is 5.91. The topological polar surface area (TPSA) is 74.6 Å². The standard InChI is InChI=1S/C19H27N3O4/c1-15(21-19(23)6-4-10-22-11-5-9-20-22)16-7-8-17(18(14-16)25-3)26-13-12-24-2/h5,7-9,11,14-15H,4,6,10,12-13H2,1-3H3,(H,21,23). The molecule has 26 heavy (non-hydrogen) atoms. The normalized spacial score (nSPS) is 11.8. The Morgan fingerprint density at radius 1 is 1.27 bits per heavy atom. The zero-order chi connectivity index (χ0) is 18.8. The molecule has 0 fully saturated rings.